The average molecular weight is 436 g/mol. The lowest BCUT2D eigenvalue weighted by Crippen LogP contribution is -2.51. The second-order valence-corrected chi connectivity index (χ2v) is 11.5. The Bertz CT molecular complexity index is 887. The standard InChI is InChI=1S/C29H41NO2/c1-28-16-13-25-24-11-7-21(20-5-9-23(10-6-20)30(2)3)19-22(24)8-12-26(25)27(28)14-17-29(28,32)15-4-18-31/h4-6,9-10,15,19,21,24-27,31-32H,7-8,11-14,16-18H2,1-3H3/t21?,24-,25+,26+,27-,28-,29-/m0/s1. The summed E-state index contributed by atoms with van der Waals surface area (Å²) in [7, 11) is 4.20. The van der Waals surface area contributed by atoms with Gasteiger partial charge in [0.05, 0.1) is 12.2 Å². The lowest BCUT2D eigenvalue weighted by atomic mass is 9.50. The van der Waals surface area contributed by atoms with Crippen molar-refractivity contribution in [1.82, 2.24) is 0 Å². The Kier molecular flexibility index (Phi) is 5.78. The van der Waals surface area contributed by atoms with Crippen LogP contribution < -0.4 is 4.90 Å². The molecule has 0 spiro atoms. The summed E-state index contributed by atoms with van der Waals surface area (Å²) in [5, 5.41) is 20.8. The summed E-state index contributed by atoms with van der Waals surface area (Å²) in [6.45, 7) is 2.35. The second-order valence-electron chi connectivity index (χ2n) is 11.5. The number of fused-ring (bicyclic) bond motifs is 5. The minimum Gasteiger partial charge on any atom is -0.392 e. The van der Waals surface area contributed by atoms with Gasteiger partial charge in [-0.2, -0.15) is 0 Å². The van der Waals surface area contributed by atoms with Gasteiger partial charge in [0.1, 0.15) is 0 Å². The first-order valence-electron chi connectivity index (χ1n) is 12.8. The second kappa shape index (κ2) is 8.33. The zero-order valence-electron chi connectivity index (χ0n) is 20.1. The van der Waals surface area contributed by atoms with E-state index in [0.29, 0.717) is 11.8 Å². The lowest BCUT2D eigenvalue weighted by Gasteiger charge is -2.55. The van der Waals surface area contributed by atoms with E-state index in [9.17, 15) is 10.2 Å². The van der Waals surface area contributed by atoms with Crippen molar-refractivity contribution in [2.75, 3.05) is 25.6 Å². The van der Waals surface area contributed by atoms with E-state index in [1.165, 1.54) is 43.4 Å². The third kappa shape index (κ3) is 3.47. The summed E-state index contributed by atoms with van der Waals surface area (Å²) in [4.78, 5) is 2.17. The van der Waals surface area contributed by atoms with E-state index in [-0.39, 0.29) is 12.0 Å². The van der Waals surface area contributed by atoms with E-state index in [1.807, 2.05) is 6.08 Å². The van der Waals surface area contributed by atoms with E-state index in [4.69, 9.17) is 0 Å². The number of hydrogen-bond donors (Lipinski definition) is 2. The van der Waals surface area contributed by atoms with Crippen molar-refractivity contribution >= 4 is 5.69 Å². The highest BCUT2D eigenvalue weighted by molar-refractivity contribution is 5.47. The highest BCUT2D eigenvalue weighted by atomic mass is 16.3. The van der Waals surface area contributed by atoms with Gasteiger partial charge in [-0.1, -0.05) is 42.9 Å². The predicted octanol–water partition coefficient (Wildman–Crippen LogP) is 5.69. The van der Waals surface area contributed by atoms with Gasteiger partial charge in [-0.25, -0.2) is 0 Å². The number of anilines is 1. The molecule has 0 aliphatic heterocycles. The molecule has 32 heavy (non-hydrogen) atoms. The summed E-state index contributed by atoms with van der Waals surface area (Å²) < 4.78 is 0. The molecule has 3 heteroatoms. The lowest BCUT2D eigenvalue weighted by molar-refractivity contribution is -0.0910. The summed E-state index contributed by atoms with van der Waals surface area (Å²) in [5.41, 5.74) is 3.70. The van der Waals surface area contributed by atoms with Gasteiger partial charge in [0.15, 0.2) is 0 Å². The molecular formula is C29H41NO2. The van der Waals surface area contributed by atoms with E-state index in [2.05, 4.69) is 56.3 Å². The molecule has 0 heterocycles. The van der Waals surface area contributed by atoms with Crippen LogP contribution in [0.5, 0.6) is 0 Å². The van der Waals surface area contributed by atoms with Gasteiger partial charge in [-0.3, -0.25) is 0 Å². The molecule has 3 fully saturated rings. The van der Waals surface area contributed by atoms with Crippen molar-refractivity contribution in [1.29, 1.82) is 0 Å². The summed E-state index contributed by atoms with van der Waals surface area (Å²) in [5.74, 6) is 3.51. The van der Waals surface area contributed by atoms with Crippen molar-refractivity contribution in [3.05, 3.63) is 53.6 Å². The van der Waals surface area contributed by atoms with Crippen LogP contribution in [-0.2, 0) is 0 Å². The van der Waals surface area contributed by atoms with Crippen LogP contribution in [0, 0.1) is 29.1 Å². The third-order valence-corrected chi connectivity index (χ3v) is 10.0. The van der Waals surface area contributed by atoms with Crippen LogP contribution in [0.1, 0.15) is 69.8 Å². The molecule has 0 amide bonds. The van der Waals surface area contributed by atoms with Gasteiger partial charge < -0.3 is 15.1 Å². The molecule has 5 rings (SSSR count). The molecule has 1 unspecified atom stereocenters. The highest BCUT2D eigenvalue weighted by Gasteiger charge is 2.61. The Labute approximate surface area is 194 Å². The van der Waals surface area contributed by atoms with Crippen molar-refractivity contribution in [2.24, 2.45) is 29.1 Å². The van der Waals surface area contributed by atoms with Gasteiger partial charge in [-0.15, -0.1) is 0 Å². The number of nitrogens with zero attached hydrogens (tertiary/aromatic N) is 1. The predicted molar refractivity (Wildman–Crippen MR) is 132 cm³/mol. The molecular weight excluding hydrogens is 394 g/mol. The van der Waals surface area contributed by atoms with Crippen molar-refractivity contribution in [3.63, 3.8) is 0 Å². The average Bonchev–Trinajstić information content (AvgIpc) is 3.08. The summed E-state index contributed by atoms with van der Waals surface area (Å²) in [6, 6.07) is 9.17. The molecule has 0 saturated heterocycles. The Morgan fingerprint density at radius 2 is 1.78 bits per heavy atom. The maximum absolute atomic E-state index is 11.5. The Morgan fingerprint density at radius 3 is 2.50 bits per heavy atom. The van der Waals surface area contributed by atoms with E-state index in [0.717, 1.165) is 37.0 Å². The molecule has 174 valence electrons. The number of benzene rings is 1. The smallest absolute Gasteiger partial charge is 0.0884 e. The van der Waals surface area contributed by atoms with Crippen molar-refractivity contribution in [3.8, 4) is 0 Å². The highest BCUT2D eigenvalue weighted by Crippen LogP contribution is 2.65. The maximum Gasteiger partial charge on any atom is 0.0884 e. The molecule has 1 aromatic carbocycles. The number of aliphatic hydroxyl groups is 2. The van der Waals surface area contributed by atoms with Crippen LogP contribution >= 0.6 is 0 Å². The first-order chi connectivity index (χ1) is 15.4. The van der Waals surface area contributed by atoms with Gasteiger partial charge in [0.25, 0.3) is 0 Å². The fourth-order valence-corrected chi connectivity index (χ4v) is 8.19. The minimum atomic E-state index is -0.738. The number of rotatable bonds is 4. The van der Waals surface area contributed by atoms with Crippen LogP contribution in [0.25, 0.3) is 0 Å². The molecule has 1 aromatic rings. The number of allylic oxidation sites excluding steroid dienone is 2. The SMILES string of the molecule is CN(C)c1ccc(C2C=C3CC[C@@H]4[C@H](CC[C@@]5(C)[C@H]4CC[C@@]5(O)C=CCO)[C@H]3CC2)cc1. The number of aliphatic hydroxyl groups excluding tert-OH is 1. The van der Waals surface area contributed by atoms with Gasteiger partial charge in [0.2, 0.25) is 0 Å². The van der Waals surface area contributed by atoms with Crippen molar-refractivity contribution in [2.45, 2.75) is 69.8 Å². The topological polar surface area (TPSA) is 43.7 Å². The zero-order chi connectivity index (χ0) is 22.5. The monoisotopic (exact) mass is 435 g/mol. The van der Waals surface area contributed by atoms with Crippen LogP contribution in [0.4, 0.5) is 5.69 Å². The molecule has 3 nitrogen and oxygen atoms in total. The summed E-state index contributed by atoms with van der Waals surface area (Å²) in [6.07, 6.45) is 15.8. The first-order valence-corrected chi connectivity index (χ1v) is 12.8. The molecule has 4 aliphatic rings. The molecule has 3 saturated carbocycles. The van der Waals surface area contributed by atoms with Crippen LogP contribution in [0.2, 0.25) is 0 Å². The number of hydrogen-bond acceptors (Lipinski definition) is 3. The Hall–Kier alpha value is -1.58. The van der Waals surface area contributed by atoms with Crippen molar-refractivity contribution < 1.29 is 10.2 Å². The fourth-order valence-electron chi connectivity index (χ4n) is 8.19. The molecule has 0 radical (unpaired) electrons. The van der Waals surface area contributed by atoms with Crippen LogP contribution in [0.15, 0.2) is 48.1 Å². The Balaban J connectivity index is 1.34. The van der Waals surface area contributed by atoms with Crippen LogP contribution in [-0.4, -0.2) is 36.5 Å². The van der Waals surface area contributed by atoms with Gasteiger partial charge >= 0.3 is 0 Å². The zero-order valence-corrected chi connectivity index (χ0v) is 20.1. The first kappa shape index (κ1) is 22.2. The molecule has 0 aromatic heterocycles. The molecule has 2 N–H and O–H groups in total. The minimum absolute atomic E-state index is 0.0182. The largest absolute Gasteiger partial charge is 0.392 e. The molecule has 7 atom stereocenters. The van der Waals surface area contributed by atoms with E-state index < -0.39 is 5.60 Å². The third-order valence-electron chi connectivity index (χ3n) is 10.0. The normalized spacial score (nSPS) is 41.0. The van der Waals surface area contributed by atoms with Crippen LogP contribution in [0.3, 0.4) is 0 Å². The molecule has 4 aliphatic carbocycles. The molecule has 0 bridgehead atoms. The summed E-state index contributed by atoms with van der Waals surface area (Å²) >= 11 is 0. The maximum atomic E-state index is 11.5. The van der Waals surface area contributed by atoms with E-state index in [1.54, 1.807) is 11.6 Å². The quantitative estimate of drug-likeness (QED) is 0.597. The Morgan fingerprint density at radius 1 is 1.00 bits per heavy atom. The fraction of sp³-hybridized carbons (Fsp3) is 0.655. The van der Waals surface area contributed by atoms with Gasteiger partial charge in [0, 0.05) is 31.1 Å². The van der Waals surface area contributed by atoms with E-state index >= 15 is 0 Å². The van der Waals surface area contributed by atoms with Gasteiger partial charge in [-0.05, 0) is 92.7 Å².